The number of hydrogen-bond acceptors (Lipinski definition) is 2. The molecule has 0 radical (unpaired) electrons. The highest BCUT2D eigenvalue weighted by molar-refractivity contribution is 5.28. The first-order valence-electron chi connectivity index (χ1n) is 6.46. The highest BCUT2D eigenvalue weighted by Gasteiger charge is 2.04. The molecule has 1 aromatic carbocycles. The van der Waals surface area contributed by atoms with E-state index in [0.29, 0.717) is 6.04 Å². The minimum absolute atomic E-state index is 0.494. The molecule has 0 fully saturated rings. The van der Waals surface area contributed by atoms with Crippen LogP contribution in [-0.2, 0) is 13.0 Å². The van der Waals surface area contributed by atoms with Crippen LogP contribution in [0.4, 0.5) is 0 Å². The van der Waals surface area contributed by atoms with Crippen molar-refractivity contribution in [1.82, 2.24) is 15.3 Å². The molecule has 2 aromatic rings. The zero-order valence-corrected chi connectivity index (χ0v) is 11.3. The number of imidazole rings is 1. The van der Waals surface area contributed by atoms with Gasteiger partial charge in [-0.05, 0) is 18.1 Å². The number of aryl methyl sites for hydroxylation is 1. The van der Waals surface area contributed by atoms with E-state index in [1.54, 1.807) is 0 Å². The van der Waals surface area contributed by atoms with Crippen LogP contribution in [0.2, 0.25) is 0 Å². The second kappa shape index (κ2) is 5.83. The lowest BCUT2D eigenvalue weighted by molar-refractivity contribution is 0.582. The first kappa shape index (κ1) is 12.8. The van der Waals surface area contributed by atoms with Crippen LogP contribution < -0.4 is 5.32 Å². The highest BCUT2D eigenvalue weighted by atomic mass is 15.0. The van der Waals surface area contributed by atoms with E-state index >= 15 is 0 Å². The summed E-state index contributed by atoms with van der Waals surface area (Å²) < 4.78 is 0. The molecule has 0 saturated heterocycles. The molecule has 0 aliphatic carbocycles. The number of hydrogen-bond donors (Lipinski definition) is 2. The van der Waals surface area contributed by atoms with Crippen molar-refractivity contribution in [3.05, 3.63) is 53.1 Å². The minimum Gasteiger partial charge on any atom is -0.345 e. The van der Waals surface area contributed by atoms with E-state index in [1.165, 1.54) is 11.1 Å². The molecule has 0 aliphatic heterocycles. The normalized spacial score (nSPS) is 11.1. The van der Waals surface area contributed by atoms with Crippen LogP contribution in [0.1, 0.15) is 36.5 Å². The number of nitrogens with zero attached hydrogens (tertiary/aromatic N) is 1. The second-order valence-electron chi connectivity index (χ2n) is 4.99. The van der Waals surface area contributed by atoms with Crippen molar-refractivity contribution in [2.24, 2.45) is 0 Å². The Morgan fingerprint density at radius 3 is 2.78 bits per heavy atom. The molecule has 3 heteroatoms. The van der Waals surface area contributed by atoms with Gasteiger partial charge in [0.15, 0.2) is 0 Å². The van der Waals surface area contributed by atoms with Crippen molar-refractivity contribution < 1.29 is 0 Å². The second-order valence-corrected chi connectivity index (χ2v) is 4.99. The summed E-state index contributed by atoms with van der Waals surface area (Å²) in [5, 5.41) is 3.38. The zero-order valence-electron chi connectivity index (χ0n) is 11.3. The molecule has 0 spiro atoms. The molecule has 2 N–H and O–H groups in total. The van der Waals surface area contributed by atoms with Gasteiger partial charge in [-0.25, -0.2) is 4.98 Å². The van der Waals surface area contributed by atoms with Crippen molar-refractivity contribution in [2.45, 2.75) is 39.8 Å². The summed E-state index contributed by atoms with van der Waals surface area (Å²) in [5.41, 5.74) is 3.79. The largest absolute Gasteiger partial charge is 0.345 e. The number of H-pyrrole nitrogens is 1. The summed E-state index contributed by atoms with van der Waals surface area (Å²) in [6.45, 7) is 7.27. The molecule has 0 bridgehead atoms. The van der Waals surface area contributed by atoms with Gasteiger partial charge in [0.25, 0.3) is 0 Å². The van der Waals surface area contributed by atoms with Gasteiger partial charge in [0, 0.05) is 30.9 Å². The van der Waals surface area contributed by atoms with Crippen LogP contribution in [0, 0.1) is 6.92 Å². The molecule has 1 aromatic heterocycles. The number of rotatable bonds is 5. The van der Waals surface area contributed by atoms with Gasteiger partial charge >= 0.3 is 0 Å². The van der Waals surface area contributed by atoms with E-state index in [4.69, 9.17) is 0 Å². The standard InChI is InChI=1S/C15H21N3/c1-11(2)16-9-14-10-17-15(18-14)8-13-7-5-4-6-12(13)3/h4-7,10-11,16H,8-9H2,1-3H3,(H,17,18). The topological polar surface area (TPSA) is 40.7 Å². The van der Waals surface area contributed by atoms with Gasteiger partial charge in [0.1, 0.15) is 5.82 Å². The molecule has 2 rings (SSSR count). The number of aromatic nitrogens is 2. The van der Waals surface area contributed by atoms with E-state index in [1.807, 2.05) is 6.20 Å². The van der Waals surface area contributed by atoms with E-state index < -0.39 is 0 Å². The fourth-order valence-electron chi connectivity index (χ4n) is 1.89. The summed E-state index contributed by atoms with van der Waals surface area (Å²) in [7, 11) is 0. The molecule has 0 aliphatic rings. The Labute approximate surface area is 109 Å². The zero-order chi connectivity index (χ0) is 13.0. The Kier molecular flexibility index (Phi) is 4.15. The Morgan fingerprint density at radius 1 is 1.28 bits per heavy atom. The fraction of sp³-hybridized carbons (Fsp3) is 0.400. The van der Waals surface area contributed by atoms with E-state index in [9.17, 15) is 0 Å². The van der Waals surface area contributed by atoms with Gasteiger partial charge in [-0.3, -0.25) is 0 Å². The predicted octanol–water partition coefficient (Wildman–Crippen LogP) is 2.81. The molecular weight excluding hydrogens is 222 g/mol. The molecule has 3 nitrogen and oxygen atoms in total. The van der Waals surface area contributed by atoms with Crippen LogP contribution in [0.3, 0.4) is 0 Å². The molecule has 0 atom stereocenters. The molecule has 18 heavy (non-hydrogen) atoms. The molecule has 0 saturated carbocycles. The summed E-state index contributed by atoms with van der Waals surface area (Å²) in [6, 6.07) is 8.93. The highest BCUT2D eigenvalue weighted by Crippen LogP contribution is 2.11. The lowest BCUT2D eigenvalue weighted by atomic mass is 10.1. The Balaban J connectivity index is 2.00. The summed E-state index contributed by atoms with van der Waals surface area (Å²) >= 11 is 0. The SMILES string of the molecule is Cc1ccccc1Cc1ncc(CNC(C)C)[nH]1. The third kappa shape index (κ3) is 3.44. The van der Waals surface area contributed by atoms with Crippen LogP contribution in [0.15, 0.2) is 30.5 Å². The number of nitrogens with one attached hydrogen (secondary N) is 2. The van der Waals surface area contributed by atoms with Crippen molar-refractivity contribution in [3.8, 4) is 0 Å². The van der Waals surface area contributed by atoms with E-state index in [-0.39, 0.29) is 0 Å². The van der Waals surface area contributed by atoms with Crippen molar-refractivity contribution in [3.63, 3.8) is 0 Å². The maximum absolute atomic E-state index is 4.43. The van der Waals surface area contributed by atoms with E-state index in [2.05, 4.69) is 60.3 Å². The van der Waals surface area contributed by atoms with Crippen molar-refractivity contribution in [2.75, 3.05) is 0 Å². The third-order valence-electron chi connectivity index (χ3n) is 3.00. The van der Waals surface area contributed by atoms with Gasteiger partial charge in [-0.1, -0.05) is 38.1 Å². The van der Waals surface area contributed by atoms with Gasteiger partial charge in [0.2, 0.25) is 0 Å². The summed E-state index contributed by atoms with van der Waals surface area (Å²) in [5.74, 6) is 1.03. The summed E-state index contributed by atoms with van der Waals surface area (Å²) in [4.78, 5) is 7.81. The number of benzene rings is 1. The maximum Gasteiger partial charge on any atom is 0.110 e. The van der Waals surface area contributed by atoms with Crippen LogP contribution >= 0.6 is 0 Å². The lowest BCUT2D eigenvalue weighted by Crippen LogP contribution is -2.21. The molecule has 0 amide bonds. The number of aromatic amines is 1. The summed E-state index contributed by atoms with van der Waals surface area (Å²) in [6.07, 6.45) is 2.79. The van der Waals surface area contributed by atoms with Crippen LogP contribution in [0.25, 0.3) is 0 Å². The Morgan fingerprint density at radius 2 is 2.06 bits per heavy atom. The smallest absolute Gasteiger partial charge is 0.110 e. The monoisotopic (exact) mass is 243 g/mol. The molecule has 1 heterocycles. The Hall–Kier alpha value is -1.61. The quantitative estimate of drug-likeness (QED) is 0.847. The van der Waals surface area contributed by atoms with Gasteiger partial charge in [0.05, 0.1) is 0 Å². The average Bonchev–Trinajstić information content (AvgIpc) is 2.77. The lowest BCUT2D eigenvalue weighted by Gasteiger charge is -2.05. The minimum atomic E-state index is 0.494. The average molecular weight is 243 g/mol. The van der Waals surface area contributed by atoms with Crippen LogP contribution in [-0.4, -0.2) is 16.0 Å². The maximum atomic E-state index is 4.43. The Bertz CT molecular complexity index is 500. The van der Waals surface area contributed by atoms with Crippen LogP contribution in [0.5, 0.6) is 0 Å². The van der Waals surface area contributed by atoms with E-state index in [0.717, 1.165) is 24.5 Å². The third-order valence-corrected chi connectivity index (χ3v) is 3.00. The van der Waals surface area contributed by atoms with Gasteiger partial charge in [-0.15, -0.1) is 0 Å². The van der Waals surface area contributed by atoms with Crippen molar-refractivity contribution >= 4 is 0 Å². The van der Waals surface area contributed by atoms with Crippen molar-refractivity contribution in [1.29, 1.82) is 0 Å². The first-order valence-corrected chi connectivity index (χ1v) is 6.46. The fourth-order valence-corrected chi connectivity index (χ4v) is 1.89. The predicted molar refractivity (Wildman–Crippen MR) is 74.5 cm³/mol. The first-order chi connectivity index (χ1) is 8.65. The molecule has 96 valence electrons. The van der Waals surface area contributed by atoms with Gasteiger partial charge < -0.3 is 10.3 Å². The molecule has 0 unspecified atom stereocenters. The molecular formula is C15H21N3. The van der Waals surface area contributed by atoms with Gasteiger partial charge in [-0.2, -0.15) is 0 Å².